The van der Waals surface area contributed by atoms with E-state index in [2.05, 4.69) is 6.58 Å². The van der Waals surface area contributed by atoms with Gasteiger partial charge in [0.1, 0.15) is 0 Å². The van der Waals surface area contributed by atoms with Crippen LogP contribution in [0.1, 0.15) is 17.0 Å². The SMILES string of the molecule is C=C[C@H](c1ccccc1C)C(C(=O)OC)C(=O)OC. The minimum atomic E-state index is -1.03. The lowest BCUT2D eigenvalue weighted by atomic mass is 9.84. The minimum Gasteiger partial charge on any atom is -0.468 e. The van der Waals surface area contributed by atoms with Gasteiger partial charge in [0.15, 0.2) is 5.92 Å². The number of methoxy groups -OCH3 is 2. The summed E-state index contributed by atoms with van der Waals surface area (Å²) >= 11 is 0. The molecule has 0 aliphatic rings. The lowest BCUT2D eigenvalue weighted by Gasteiger charge is -2.22. The van der Waals surface area contributed by atoms with Gasteiger partial charge in [-0.15, -0.1) is 6.58 Å². The molecule has 0 N–H and O–H groups in total. The van der Waals surface area contributed by atoms with Crippen LogP contribution >= 0.6 is 0 Å². The van der Waals surface area contributed by atoms with Gasteiger partial charge in [0.25, 0.3) is 0 Å². The largest absolute Gasteiger partial charge is 0.468 e. The van der Waals surface area contributed by atoms with E-state index in [1.54, 1.807) is 6.08 Å². The number of esters is 2. The Kier molecular flexibility index (Phi) is 5.30. The number of hydrogen-bond donors (Lipinski definition) is 0. The van der Waals surface area contributed by atoms with Crippen molar-refractivity contribution < 1.29 is 19.1 Å². The average molecular weight is 262 g/mol. The van der Waals surface area contributed by atoms with Gasteiger partial charge >= 0.3 is 11.9 Å². The van der Waals surface area contributed by atoms with E-state index in [4.69, 9.17) is 9.47 Å². The number of hydrogen-bond acceptors (Lipinski definition) is 4. The number of carbonyl (C=O) groups excluding carboxylic acids is 2. The first-order valence-corrected chi connectivity index (χ1v) is 5.90. The fraction of sp³-hybridized carbons (Fsp3) is 0.333. The third-order valence-corrected chi connectivity index (χ3v) is 3.07. The molecule has 0 spiro atoms. The molecule has 0 unspecified atom stereocenters. The van der Waals surface area contributed by atoms with E-state index in [9.17, 15) is 9.59 Å². The molecule has 0 fully saturated rings. The summed E-state index contributed by atoms with van der Waals surface area (Å²) < 4.78 is 9.38. The van der Waals surface area contributed by atoms with Crippen LogP contribution in [0.2, 0.25) is 0 Å². The molecule has 4 nitrogen and oxygen atoms in total. The van der Waals surface area contributed by atoms with Gasteiger partial charge in [-0.05, 0) is 18.1 Å². The van der Waals surface area contributed by atoms with E-state index >= 15 is 0 Å². The maximum Gasteiger partial charge on any atom is 0.321 e. The summed E-state index contributed by atoms with van der Waals surface area (Å²) in [5, 5.41) is 0. The number of carbonyl (C=O) groups is 2. The zero-order valence-corrected chi connectivity index (χ0v) is 11.4. The van der Waals surface area contributed by atoms with Crippen molar-refractivity contribution in [3.05, 3.63) is 48.0 Å². The standard InChI is InChI=1S/C15H18O4/c1-5-11(12-9-7-6-8-10(12)2)13(14(16)18-3)15(17)19-4/h5-9,11,13H,1H2,2-4H3/t11-/m1/s1. The van der Waals surface area contributed by atoms with Crippen molar-refractivity contribution in [3.8, 4) is 0 Å². The fourth-order valence-electron chi connectivity index (χ4n) is 2.05. The van der Waals surface area contributed by atoms with Gasteiger partial charge in [0.2, 0.25) is 0 Å². The van der Waals surface area contributed by atoms with E-state index in [1.165, 1.54) is 14.2 Å². The molecule has 1 aromatic carbocycles. The quantitative estimate of drug-likeness (QED) is 0.464. The van der Waals surface area contributed by atoms with Crippen LogP contribution in [0.15, 0.2) is 36.9 Å². The van der Waals surface area contributed by atoms with Crippen molar-refractivity contribution in [3.63, 3.8) is 0 Å². The van der Waals surface area contributed by atoms with Crippen LogP contribution in [0.25, 0.3) is 0 Å². The Bertz CT molecular complexity index is 463. The van der Waals surface area contributed by atoms with Gasteiger partial charge in [0, 0.05) is 5.92 Å². The molecule has 1 aromatic rings. The fourth-order valence-corrected chi connectivity index (χ4v) is 2.05. The highest BCUT2D eigenvalue weighted by molar-refractivity contribution is 5.96. The first-order valence-electron chi connectivity index (χ1n) is 5.90. The molecule has 19 heavy (non-hydrogen) atoms. The van der Waals surface area contributed by atoms with Crippen LogP contribution in [0, 0.1) is 12.8 Å². The normalized spacial score (nSPS) is 11.8. The lowest BCUT2D eigenvalue weighted by molar-refractivity contribution is -0.159. The van der Waals surface area contributed by atoms with Crippen LogP contribution in [0.4, 0.5) is 0 Å². The molecule has 0 radical (unpaired) electrons. The Morgan fingerprint density at radius 3 is 2.11 bits per heavy atom. The molecular formula is C15H18O4. The van der Waals surface area contributed by atoms with Crippen LogP contribution in [-0.4, -0.2) is 26.2 Å². The summed E-state index contributed by atoms with van der Waals surface area (Å²) in [5.41, 5.74) is 1.84. The molecule has 102 valence electrons. The highest BCUT2D eigenvalue weighted by Gasteiger charge is 2.36. The van der Waals surface area contributed by atoms with Crippen molar-refractivity contribution in [1.29, 1.82) is 0 Å². The minimum absolute atomic E-state index is 0.471. The van der Waals surface area contributed by atoms with E-state index in [0.717, 1.165) is 11.1 Å². The van der Waals surface area contributed by atoms with Crippen molar-refractivity contribution in [2.24, 2.45) is 5.92 Å². The zero-order valence-electron chi connectivity index (χ0n) is 11.4. The Labute approximate surface area is 113 Å². The second-order valence-electron chi connectivity index (χ2n) is 4.14. The summed E-state index contributed by atoms with van der Waals surface area (Å²) in [6, 6.07) is 7.52. The van der Waals surface area contributed by atoms with Gasteiger partial charge in [0.05, 0.1) is 14.2 Å². The van der Waals surface area contributed by atoms with Crippen LogP contribution in [-0.2, 0) is 19.1 Å². The van der Waals surface area contributed by atoms with Crippen molar-refractivity contribution >= 4 is 11.9 Å². The summed E-state index contributed by atoms with van der Waals surface area (Å²) in [4.78, 5) is 23.7. The monoisotopic (exact) mass is 262 g/mol. The van der Waals surface area contributed by atoms with E-state index in [-0.39, 0.29) is 0 Å². The molecule has 4 heteroatoms. The Balaban J connectivity index is 3.24. The Morgan fingerprint density at radius 1 is 1.16 bits per heavy atom. The number of allylic oxidation sites excluding steroid dienone is 1. The second kappa shape index (κ2) is 6.73. The number of rotatable bonds is 5. The topological polar surface area (TPSA) is 52.6 Å². The Hall–Kier alpha value is -2.10. The third kappa shape index (κ3) is 3.22. The molecule has 0 heterocycles. The summed E-state index contributed by atoms with van der Waals surface area (Å²) in [6.07, 6.45) is 1.57. The van der Waals surface area contributed by atoms with Gasteiger partial charge in [-0.1, -0.05) is 30.3 Å². The van der Waals surface area contributed by atoms with E-state index in [0.29, 0.717) is 0 Å². The second-order valence-corrected chi connectivity index (χ2v) is 4.14. The van der Waals surface area contributed by atoms with Crippen molar-refractivity contribution in [2.75, 3.05) is 14.2 Å². The maximum absolute atomic E-state index is 11.8. The lowest BCUT2D eigenvalue weighted by Crippen LogP contribution is -2.31. The molecule has 1 rings (SSSR count). The summed E-state index contributed by atoms with van der Waals surface area (Å²) in [6.45, 7) is 5.63. The predicted octanol–water partition coefficient (Wildman–Crippen LogP) is 2.23. The summed E-state index contributed by atoms with van der Waals surface area (Å²) in [7, 11) is 2.49. The molecular weight excluding hydrogens is 244 g/mol. The van der Waals surface area contributed by atoms with E-state index in [1.807, 2.05) is 31.2 Å². The zero-order chi connectivity index (χ0) is 14.4. The smallest absolute Gasteiger partial charge is 0.321 e. The van der Waals surface area contributed by atoms with Crippen LogP contribution in [0.3, 0.4) is 0 Å². The predicted molar refractivity (Wildman–Crippen MR) is 71.6 cm³/mol. The van der Waals surface area contributed by atoms with Gasteiger partial charge < -0.3 is 9.47 Å². The van der Waals surface area contributed by atoms with E-state index < -0.39 is 23.8 Å². The van der Waals surface area contributed by atoms with Crippen molar-refractivity contribution in [1.82, 2.24) is 0 Å². The Morgan fingerprint density at radius 2 is 1.68 bits per heavy atom. The molecule has 1 atom stereocenters. The maximum atomic E-state index is 11.8. The van der Waals surface area contributed by atoms with Crippen molar-refractivity contribution in [2.45, 2.75) is 12.8 Å². The highest BCUT2D eigenvalue weighted by atomic mass is 16.5. The molecule has 0 bridgehead atoms. The molecule has 0 saturated carbocycles. The number of benzene rings is 1. The van der Waals surface area contributed by atoms with Gasteiger partial charge in [-0.2, -0.15) is 0 Å². The first kappa shape index (κ1) is 15.0. The third-order valence-electron chi connectivity index (χ3n) is 3.07. The van der Waals surface area contributed by atoms with Crippen LogP contribution < -0.4 is 0 Å². The molecule has 0 saturated heterocycles. The highest BCUT2D eigenvalue weighted by Crippen LogP contribution is 2.30. The van der Waals surface area contributed by atoms with Gasteiger partial charge in [-0.25, -0.2) is 0 Å². The number of aryl methyl sites for hydroxylation is 1. The number of ether oxygens (including phenoxy) is 2. The molecule has 0 aliphatic carbocycles. The van der Waals surface area contributed by atoms with Gasteiger partial charge in [-0.3, -0.25) is 9.59 Å². The summed E-state index contributed by atoms with van der Waals surface area (Å²) in [5.74, 6) is -2.75. The van der Waals surface area contributed by atoms with Crippen LogP contribution in [0.5, 0.6) is 0 Å². The molecule has 0 amide bonds. The average Bonchev–Trinajstić information content (AvgIpc) is 2.44. The molecule has 0 aliphatic heterocycles. The first-order chi connectivity index (χ1) is 9.06. The molecule has 0 aromatic heterocycles.